The summed E-state index contributed by atoms with van der Waals surface area (Å²) < 4.78 is 24.2. The van der Waals surface area contributed by atoms with Crippen LogP contribution >= 0.6 is 0 Å². The minimum atomic E-state index is -0.362. The zero-order valence-corrected chi connectivity index (χ0v) is 46.2. The summed E-state index contributed by atoms with van der Waals surface area (Å²) in [6, 6.07) is 1.21. The standard InChI is InChI=1S/C32H47NO6.C11H21NO.2C8H16O/c1-6-22-8-7-9-29(39-31-13-12-28(33(4)5)19(3)37-31)18(2)32(36)27-16-25-23(26(27)17-30(35)38-22)11-10-20-14-21(34)15-24(20)25;1-9-7-11(8-10(9)2)12-3-5-13-6-4-12;2*1-6-4-8(3,9)5-7(6)2/h10-11,16,18-20,22-26,28-29,31H,6-9,12-15,17H2,1-5H3;9-11H,3-8H2,1-2H3;2*6-7,9H,4-5H2,1-3H3. The molecule has 2 N–H and O–H groups in total. The Hall–Kier alpha value is -1.99. The van der Waals surface area contributed by atoms with Gasteiger partial charge in [-0.25, -0.2) is 0 Å². The fraction of sp³-hybridized carbons (Fsp3) is 0.881. The van der Waals surface area contributed by atoms with Crippen LogP contribution in [0.3, 0.4) is 0 Å². The molecule has 0 amide bonds. The molecule has 3 saturated heterocycles. The van der Waals surface area contributed by atoms with Crippen molar-refractivity contribution < 1.29 is 43.5 Å². The summed E-state index contributed by atoms with van der Waals surface area (Å²) in [5.74, 6) is 4.93. The molecule has 3 aliphatic heterocycles. The maximum absolute atomic E-state index is 14.2. The van der Waals surface area contributed by atoms with E-state index in [9.17, 15) is 24.6 Å². The van der Waals surface area contributed by atoms with E-state index in [4.69, 9.17) is 18.9 Å². The second-order valence-corrected chi connectivity index (χ2v) is 25.4. The summed E-state index contributed by atoms with van der Waals surface area (Å²) in [4.78, 5) is 44.4. The molecule has 0 spiro atoms. The molecule has 7 fully saturated rings. The number of Topliss-reactive ketones (excluding diaryl/α,β-unsaturated/α-hetero) is 2. The second kappa shape index (κ2) is 25.0. The predicted molar refractivity (Wildman–Crippen MR) is 278 cm³/mol. The number of allylic oxidation sites excluding steroid dienone is 4. The summed E-state index contributed by atoms with van der Waals surface area (Å²) in [5.41, 5.74) is 0.0180. The van der Waals surface area contributed by atoms with E-state index in [2.05, 4.69) is 97.5 Å². The van der Waals surface area contributed by atoms with E-state index in [0.717, 1.165) is 114 Å². The SMILES string of the molecule is CC1CC(C)(O)CC1C.CC1CC(C)(O)CC1C.CC1CC(N2CCOCC2)CC1C.CCC1CCCC(OC2CCC(N(C)C)C(C)O2)C(C)C(=O)C2=CC3C(C=CC4CC(=O)CC43)C2CC(=O)O1. The first kappa shape index (κ1) is 57.3. The summed E-state index contributed by atoms with van der Waals surface area (Å²) >= 11 is 0. The number of nitrogens with zero attached hydrogens (tertiary/aromatic N) is 2. The molecule has 4 saturated carbocycles. The number of aliphatic hydroxyl groups is 2. The summed E-state index contributed by atoms with van der Waals surface area (Å²) in [7, 11) is 4.16. The monoisotopic (exact) mass is 981 g/mol. The smallest absolute Gasteiger partial charge is 0.306 e. The molecular formula is C59H100N2O9. The average molecular weight is 981 g/mol. The van der Waals surface area contributed by atoms with Gasteiger partial charge in [-0.2, -0.15) is 0 Å². The first-order valence-corrected chi connectivity index (χ1v) is 28.3. The van der Waals surface area contributed by atoms with Crippen molar-refractivity contribution in [1.82, 2.24) is 9.80 Å². The maximum atomic E-state index is 14.2. The number of likely N-dealkylation sites (N-methyl/N-ethyl adjacent to an activating group) is 1. The van der Waals surface area contributed by atoms with Gasteiger partial charge in [0.05, 0.1) is 43.0 Å². The third kappa shape index (κ3) is 15.1. The Kier molecular flexibility index (Phi) is 20.5. The number of carbonyl (C=O) groups is 3. The van der Waals surface area contributed by atoms with Gasteiger partial charge in [0.15, 0.2) is 12.1 Å². The number of morpholine rings is 1. The second-order valence-electron chi connectivity index (χ2n) is 25.4. The zero-order valence-electron chi connectivity index (χ0n) is 46.2. The topological polar surface area (TPSA) is 135 Å². The number of ketones is 2. The Labute approximate surface area is 425 Å². The largest absolute Gasteiger partial charge is 0.462 e. The average Bonchev–Trinajstić information content (AvgIpc) is 4.07. The third-order valence-corrected chi connectivity index (χ3v) is 19.0. The van der Waals surface area contributed by atoms with Crippen LogP contribution in [0.15, 0.2) is 23.8 Å². The highest BCUT2D eigenvalue weighted by atomic mass is 16.7. The van der Waals surface area contributed by atoms with Crippen LogP contribution in [0.4, 0.5) is 0 Å². The van der Waals surface area contributed by atoms with Gasteiger partial charge < -0.3 is 34.1 Å². The number of esters is 1. The Balaban J connectivity index is 0.000000207. The van der Waals surface area contributed by atoms with E-state index >= 15 is 0 Å². The van der Waals surface area contributed by atoms with E-state index in [1.54, 1.807) is 0 Å². The normalized spacial score (nSPS) is 45.3. The van der Waals surface area contributed by atoms with Gasteiger partial charge in [0.25, 0.3) is 0 Å². The van der Waals surface area contributed by atoms with Crippen molar-refractivity contribution in [3.63, 3.8) is 0 Å². The molecule has 17 atom stereocenters. The highest BCUT2D eigenvalue weighted by Gasteiger charge is 2.50. The van der Waals surface area contributed by atoms with E-state index in [-0.39, 0.29) is 89.5 Å². The fourth-order valence-corrected chi connectivity index (χ4v) is 14.4. The fourth-order valence-electron chi connectivity index (χ4n) is 14.4. The van der Waals surface area contributed by atoms with Crippen LogP contribution in [0.1, 0.15) is 172 Å². The van der Waals surface area contributed by atoms with Crippen LogP contribution in [0.25, 0.3) is 0 Å². The van der Waals surface area contributed by atoms with Crippen molar-refractivity contribution in [1.29, 1.82) is 0 Å². The van der Waals surface area contributed by atoms with Crippen molar-refractivity contribution in [2.45, 2.75) is 220 Å². The highest BCUT2D eigenvalue weighted by molar-refractivity contribution is 5.99. The minimum Gasteiger partial charge on any atom is -0.462 e. The molecule has 0 aromatic carbocycles. The number of carbonyl (C=O) groups excluding carboxylic acids is 3. The maximum Gasteiger partial charge on any atom is 0.306 e. The highest BCUT2D eigenvalue weighted by Crippen LogP contribution is 2.53. The molecule has 9 rings (SSSR count). The Morgan fingerprint density at radius 3 is 1.84 bits per heavy atom. The quantitative estimate of drug-likeness (QED) is 0.201. The molecule has 11 nitrogen and oxygen atoms in total. The molecule has 0 aromatic heterocycles. The van der Waals surface area contributed by atoms with Crippen LogP contribution in [-0.4, -0.2) is 126 Å². The van der Waals surface area contributed by atoms with E-state index in [1.165, 1.54) is 12.8 Å². The van der Waals surface area contributed by atoms with Crippen molar-refractivity contribution in [2.75, 3.05) is 40.4 Å². The summed E-state index contributed by atoms with van der Waals surface area (Å²) in [5, 5.41) is 19.1. The van der Waals surface area contributed by atoms with Gasteiger partial charge in [-0.05, 0) is 177 Å². The molecule has 9 aliphatic rings. The molecule has 0 aromatic rings. The number of cyclic esters (lactones) is 1. The van der Waals surface area contributed by atoms with Crippen LogP contribution in [0.5, 0.6) is 0 Å². The van der Waals surface area contributed by atoms with Crippen molar-refractivity contribution in [3.8, 4) is 0 Å². The number of fused-ring (bicyclic) bond motifs is 5. The van der Waals surface area contributed by atoms with E-state index < -0.39 is 0 Å². The molecule has 0 radical (unpaired) electrons. The molecule has 0 bridgehead atoms. The van der Waals surface area contributed by atoms with Crippen LogP contribution < -0.4 is 0 Å². The van der Waals surface area contributed by atoms with Crippen molar-refractivity contribution in [3.05, 3.63) is 23.8 Å². The van der Waals surface area contributed by atoms with Gasteiger partial charge in [0.2, 0.25) is 0 Å². The lowest BCUT2D eigenvalue weighted by Crippen LogP contribution is -2.47. The first-order chi connectivity index (χ1) is 32.9. The van der Waals surface area contributed by atoms with Gasteiger partial charge >= 0.3 is 5.97 Å². The predicted octanol–water partition coefficient (Wildman–Crippen LogP) is 10.2. The summed E-state index contributed by atoms with van der Waals surface area (Å²) in [6.45, 7) is 27.9. The van der Waals surface area contributed by atoms with Crippen LogP contribution in [0.2, 0.25) is 0 Å². The van der Waals surface area contributed by atoms with Crippen molar-refractivity contribution >= 4 is 17.5 Å². The first-order valence-electron chi connectivity index (χ1n) is 28.3. The molecule has 400 valence electrons. The van der Waals surface area contributed by atoms with Gasteiger partial charge in [0, 0.05) is 49.9 Å². The molecule has 17 unspecified atom stereocenters. The van der Waals surface area contributed by atoms with Crippen molar-refractivity contribution in [2.24, 2.45) is 71.0 Å². The van der Waals surface area contributed by atoms with Gasteiger partial charge in [-0.15, -0.1) is 0 Å². The Bertz CT molecular complexity index is 1710. The van der Waals surface area contributed by atoms with Crippen LogP contribution in [0, 0.1) is 71.0 Å². The Morgan fingerprint density at radius 1 is 0.743 bits per heavy atom. The van der Waals surface area contributed by atoms with Gasteiger partial charge in [-0.3, -0.25) is 19.3 Å². The Morgan fingerprint density at radius 2 is 1.33 bits per heavy atom. The lowest BCUT2D eigenvalue weighted by atomic mass is 9.70. The molecule has 70 heavy (non-hydrogen) atoms. The zero-order chi connectivity index (χ0) is 51.2. The number of ether oxygens (including phenoxy) is 4. The minimum absolute atomic E-state index is 0.0544. The molecule has 11 heteroatoms. The number of hydrogen-bond donors (Lipinski definition) is 2. The third-order valence-electron chi connectivity index (χ3n) is 19.0. The summed E-state index contributed by atoms with van der Waals surface area (Å²) in [6.07, 6.45) is 18.8. The van der Waals surface area contributed by atoms with Gasteiger partial charge in [-0.1, -0.05) is 73.6 Å². The van der Waals surface area contributed by atoms with E-state index in [0.29, 0.717) is 48.3 Å². The molecule has 6 aliphatic carbocycles. The van der Waals surface area contributed by atoms with E-state index in [1.807, 2.05) is 20.8 Å². The number of rotatable bonds is 5. The molecule has 3 heterocycles. The van der Waals surface area contributed by atoms with Crippen LogP contribution in [-0.2, 0) is 33.3 Å². The molecular weight excluding hydrogens is 881 g/mol. The lowest BCUT2D eigenvalue weighted by Gasteiger charge is -2.40. The lowest BCUT2D eigenvalue weighted by molar-refractivity contribution is -0.231. The number of hydrogen-bond acceptors (Lipinski definition) is 11. The van der Waals surface area contributed by atoms with Gasteiger partial charge in [0.1, 0.15) is 11.9 Å².